The van der Waals surface area contributed by atoms with Gasteiger partial charge in [0.2, 0.25) is 0 Å². The first kappa shape index (κ1) is 16.2. The number of pyridine rings is 1. The monoisotopic (exact) mass is 256 g/mol. The predicted molar refractivity (Wildman–Crippen MR) is 70.9 cm³/mol. The van der Waals surface area contributed by atoms with E-state index in [9.17, 15) is 4.79 Å². The fourth-order valence-electron chi connectivity index (χ4n) is 2.35. The van der Waals surface area contributed by atoms with Gasteiger partial charge in [-0.05, 0) is 44.0 Å². The van der Waals surface area contributed by atoms with Gasteiger partial charge in [0.1, 0.15) is 5.69 Å². The van der Waals surface area contributed by atoms with E-state index in [1.807, 2.05) is 6.07 Å². The summed E-state index contributed by atoms with van der Waals surface area (Å²) in [7, 11) is 0. The topological polar surface area (TPSA) is 53.4 Å². The van der Waals surface area contributed by atoms with Gasteiger partial charge in [-0.1, -0.05) is 18.9 Å². The van der Waals surface area contributed by atoms with Crippen molar-refractivity contribution in [1.29, 1.82) is 0 Å². The molecule has 1 aromatic heterocycles. The Kier molecular flexibility index (Phi) is 7.15. The molecule has 0 atom stereocenters. The van der Waals surface area contributed by atoms with Gasteiger partial charge >= 0.3 is 24.8 Å². The third-order valence-corrected chi connectivity index (χ3v) is 3.46. The molecule has 0 radical (unpaired) electrons. The molecule has 2 rings (SSSR count). The summed E-state index contributed by atoms with van der Waals surface area (Å²) in [5, 5.41) is 8.77. The number of aromatic carboxylic acids is 1. The molecule has 0 aromatic carbocycles. The summed E-state index contributed by atoms with van der Waals surface area (Å²) in [6.45, 7) is 3.44. The van der Waals surface area contributed by atoms with E-state index >= 15 is 0 Å². The molecule has 1 aliphatic heterocycles. The Morgan fingerprint density at radius 2 is 1.95 bits per heavy atom. The zero-order valence-corrected chi connectivity index (χ0v) is 11.6. The van der Waals surface area contributed by atoms with E-state index in [-0.39, 0.29) is 26.0 Å². The fourth-order valence-corrected chi connectivity index (χ4v) is 2.35. The van der Waals surface area contributed by atoms with Crippen LogP contribution in [0.15, 0.2) is 18.3 Å². The Bertz CT molecular complexity index is 393. The SMILES string of the molecule is O=C(O)c1ccc(CCN2CCCCCC2)cn1.[H-].[Li+]. The van der Waals surface area contributed by atoms with Crippen LogP contribution in [0.4, 0.5) is 0 Å². The minimum absolute atomic E-state index is 0. The van der Waals surface area contributed by atoms with Gasteiger partial charge in [0.05, 0.1) is 0 Å². The summed E-state index contributed by atoms with van der Waals surface area (Å²) in [6, 6.07) is 3.45. The van der Waals surface area contributed by atoms with Crippen LogP contribution in [0.3, 0.4) is 0 Å². The summed E-state index contributed by atoms with van der Waals surface area (Å²) >= 11 is 0. The summed E-state index contributed by atoms with van der Waals surface area (Å²) in [5.74, 6) is -0.964. The zero-order valence-electron chi connectivity index (χ0n) is 12.6. The van der Waals surface area contributed by atoms with Gasteiger partial charge in [0.25, 0.3) is 0 Å². The number of hydrogen-bond acceptors (Lipinski definition) is 3. The van der Waals surface area contributed by atoms with Gasteiger partial charge in [-0.2, -0.15) is 0 Å². The van der Waals surface area contributed by atoms with Crippen molar-refractivity contribution in [3.05, 3.63) is 29.6 Å². The molecule has 0 saturated carbocycles. The molecule has 4 nitrogen and oxygen atoms in total. The molecule has 1 aromatic rings. The molecule has 1 saturated heterocycles. The van der Waals surface area contributed by atoms with Gasteiger partial charge in [-0.3, -0.25) is 0 Å². The smallest absolute Gasteiger partial charge is 1.00 e. The predicted octanol–water partition coefficient (Wildman–Crippen LogP) is -0.685. The van der Waals surface area contributed by atoms with E-state index in [1.165, 1.54) is 38.8 Å². The van der Waals surface area contributed by atoms with Crippen LogP contribution in [-0.2, 0) is 6.42 Å². The molecular weight excluding hydrogens is 235 g/mol. The first-order valence-electron chi connectivity index (χ1n) is 6.66. The molecule has 1 aliphatic rings. The minimum atomic E-state index is -0.964. The van der Waals surface area contributed by atoms with Crippen molar-refractivity contribution >= 4 is 5.97 Å². The second kappa shape index (κ2) is 8.37. The van der Waals surface area contributed by atoms with Gasteiger partial charge in [0.15, 0.2) is 0 Å². The van der Waals surface area contributed by atoms with Gasteiger partial charge in [0, 0.05) is 12.7 Å². The normalized spacial score (nSPS) is 16.4. The van der Waals surface area contributed by atoms with Crippen LogP contribution >= 0.6 is 0 Å². The maximum atomic E-state index is 10.7. The van der Waals surface area contributed by atoms with Crippen LogP contribution < -0.4 is 18.9 Å². The van der Waals surface area contributed by atoms with Crippen LogP contribution in [0.5, 0.6) is 0 Å². The summed E-state index contributed by atoms with van der Waals surface area (Å²) in [5.41, 5.74) is 1.23. The first-order chi connectivity index (χ1) is 8.75. The summed E-state index contributed by atoms with van der Waals surface area (Å²) < 4.78 is 0. The Morgan fingerprint density at radius 1 is 1.26 bits per heavy atom. The maximum absolute atomic E-state index is 10.7. The molecule has 100 valence electrons. The van der Waals surface area contributed by atoms with Crippen LogP contribution in [-0.4, -0.2) is 40.6 Å². The van der Waals surface area contributed by atoms with Crippen LogP contribution in [0.2, 0.25) is 0 Å². The molecule has 0 aliphatic carbocycles. The number of carbonyl (C=O) groups is 1. The van der Waals surface area contributed by atoms with Crippen LogP contribution in [0.25, 0.3) is 0 Å². The van der Waals surface area contributed by atoms with Gasteiger partial charge in [-0.15, -0.1) is 0 Å². The van der Waals surface area contributed by atoms with Gasteiger partial charge in [-0.25, -0.2) is 9.78 Å². The van der Waals surface area contributed by atoms with E-state index in [0.717, 1.165) is 18.5 Å². The number of carboxylic acids is 1. The third-order valence-electron chi connectivity index (χ3n) is 3.46. The Labute approximate surface area is 127 Å². The molecule has 0 spiro atoms. The van der Waals surface area contributed by atoms with E-state index in [4.69, 9.17) is 5.11 Å². The molecule has 19 heavy (non-hydrogen) atoms. The summed E-state index contributed by atoms with van der Waals surface area (Å²) in [4.78, 5) is 17.1. The second-order valence-corrected chi connectivity index (χ2v) is 4.86. The van der Waals surface area contributed by atoms with Gasteiger partial charge < -0.3 is 11.4 Å². The average Bonchev–Trinajstić information content (AvgIpc) is 2.65. The number of aromatic nitrogens is 1. The number of rotatable bonds is 4. The van der Waals surface area contributed by atoms with Crippen LogP contribution in [0.1, 0.15) is 43.2 Å². The van der Waals surface area contributed by atoms with Crippen molar-refractivity contribution in [2.45, 2.75) is 32.1 Å². The number of nitrogens with zero attached hydrogens (tertiary/aromatic N) is 2. The fraction of sp³-hybridized carbons (Fsp3) is 0.571. The number of carboxylic acid groups (broad SMARTS) is 1. The number of hydrogen-bond donors (Lipinski definition) is 1. The Balaban J connectivity index is 0.00000180. The van der Waals surface area contributed by atoms with E-state index in [2.05, 4.69) is 9.88 Å². The van der Waals surface area contributed by atoms with Crippen molar-refractivity contribution in [3.8, 4) is 0 Å². The summed E-state index contributed by atoms with van der Waals surface area (Å²) in [6.07, 6.45) is 7.94. The molecule has 0 amide bonds. The second-order valence-electron chi connectivity index (χ2n) is 4.86. The van der Waals surface area contributed by atoms with Crippen molar-refractivity contribution in [2.24, 2.45) is 0 Å². The maximum Gasteiger partial charge on any atom is 1.00 e. The van der Waals surface area contributed by atoms with Crippen molar-refractivity contribution in [1.82, 2.24) is 9.88 Å². The van der Waals surface area contributed by atoms with Crippen LogP contribution in [0, 0.1) is 0 Å². The Morgan fingerprint density at radius 3 is 2.47 bits per heavy atom. The zero-order chi connectivity index (χ0) is 12.8. The Hall–Kier alpha value is -0.823. The quantitative estimate of drug-likeness (QED) is 0.725. The largest absolute Gasteiger partial charge is 1.00 e. The molecule has 1 fully saturated rings. The number of likely N-dealkylation sites (tertiary alicyclic amines) is 1. The van der Waals surface area contributed by atoms with E-state index in [1.54, 1.807) is 12.3 Å². The molecular formula is C14H21LiN2O2. The standard InChI is InChI=1S/C14H20N2O2.Li.H/c17-14(18)13-6-5-12(11-15-13)7-10-16-8-3-1-2-4-9-16;;/h5-6,11H,1-4,7-10H2,(H,17,18);;/q;+1;-1. The minimum Gasteiger partial charge on any atom is -1.00 e. The third kappa shape index (κ3) is 5.36. The van der Waals surface area contributed by atoms with E-state index < -0.39 is 5.97 Å². The molecule has 2 heterocycles. The molecule has 0 unspecified atom stereocenters. The van der Waals surface area contributed by atoms with E-state index in [0.29, 0.717) is 0 Å². The first-order valence-corrected chi connectivity index (χ1v) is 6.66. The molecule has 1 N–H and O–H groups in total. The molecule has 0 bridgehead atoms. The van der Waals surface area contributed by atoms with Crippen molar-refractivity contribution in [2.75, 3.05) is 19.6 Å². The van der Waals surface area contributed by atoms with Crippen molar-refractivity contribution < 1.29 is 30.2 Å². The van der Waals surface area contributed by atoms with Crippen molar-refractivity contribution in [3.63, 3.8) is 0 Å². The average molecular weight is 256 g/mol. The molecule has 5 heteroatoms.